The number of methoxy groups -OCH3 is 1. The van der Waals surface area contributed by atoms with Gasteiger partial charge < -0.3 is 19.4 Å². The molecule has 1 aliphatic heterocycles. The maximum atomic E-state index is 12.6. The first-order chi connectivity index (χ1) is 11.7. The Kier molecular flexibility index (Phi) is 5.93. The molecule has 2 rings (SSSR count). The van der Waals surface area contributed by atoms with Crippen LogP contribution in [-0.2, 0) is 9.59 Å². The molecule has 0 aliphatic carbocycles. The summed E-state index contributed by atoms with van der Waals surface area (Å²) in [6.45, 7) is 10.3. The summed E-state index contributed by atoms with van der Waals surface area (Å²) in [5, 5.41) is 0. The lowest BCUT2D eigenvalue weighted by Crippen LogP contribution is -2.54. The quantitative estimate of drug-likeness (QED) is 0.836. The van der Waals surface area contributed by atoms with E-state index < -0.39 is 0 Å². The largest absolute Gasteiger partial charge is 0.495 e. The molecule has 1 heterocycles. The summed E-state index contributed by atoms with van der Waals surface area (Å²) in [6, 6.07) is 7.92. The van der Waals surface area contributed by atoms with Crippen LogP contribution in [0.15, 0.2) is 24.3 Å². The molecule has 1 aromatic rings. The number of piperazine rings is 1. The zero-order chi connectivity index (χ0) is 18.6. The topological polar surface area (TPSA) is 53.1 Å². The van der Waals surface area contributed by atoms with Crippen LogP contribution in [0.3, 0.4) is 0 Å². The van der Waals surface area contributed by atoms with E-state index in [9.17, 15) is 9.59 Å². The summed E-state index contributed by atoms with van der Waals surface area (Å²) in [6.07, 6.45) is 0. The van der Waals surface area contributed by atoms with Crippen molar-refractivity contribution in [2.75, 3.05) is 44.7 Å². The molecule has 0 spiro atoms. The second kappa shape index (κ2) is 7.76. The molecule has 1 aliphatic rings. The van der Waals surface area contributed by atoms with E-state index in [1.807, 2.05) is 49.9 Å². The van der Waals surface area contributed by atoms with Crippen molar-refractivity contribution in [3.8, 4) is 5.75 Å². The maximum absolute atomic E-state index is 12.6. The minimum absolute atomic E-state index is 0.00445. The summed E-state index contributed by atoms with van der Waals surface area (Å²) < 4.78 is 5.42. The Balaban J connectivity index is 1.97. The Morgan fingerprint density at radius 2 is 1.72 bits per heavy atom. The molecule has 0 radical (unpaired) electrons. The van der Waals surface area contributed by atoms with Gasteiger partial charge in [0.25, 0.3) is 0 Å². The number of nitrogens with zero attached hydrogens (tertiary/aromatic N) is 3. The van der Waals surface area contributed by atoms with Crippen molar-refractivity contribution in [1.82, 2.24) is 9.80 Å². The molecule has 0 saturated carbocycles. The predicted molar refractivity (Wildman–Crippen MR) is 98.9 cm³/mol. The van der Waals surface area contributed by atoms with Gasteiger partial charge in [-0.3, -0.25) is 9.59 Å². The van der Waals surface area contributed by atoms with Crippen molar-refractivity contribution in [3.05, 3.63) is 24.3 Å². The van der Waals surface area contributed by atoms with E-state index in [0.29, 0.717) is 13.1 Å². The number of benzene rings is 1. The summed E-state index contributed by atoms with van der Waals surface area (Å²) in [7, 11) is 1.67. The minimum Gasteiger partial charge on any atom is -0.495 e. The number of amides is 2. The van der Waals surface area contributed by atoms with E-state index in [1.54, 1.807) is 12.0 Å². The second-order valence-electron chi connectivity index (χ2n) is 7.32. The summed E-state index contributed by atoms with van der Waals surface area (Å²) in [4.78, 5) is 30.2. The van der Waals surface area contributed by atoms with Crippen molar-refractivity contribution in [2.24, 2.45) is 0 Å². The number of anilines is 1. The monoisotopic (exact) mass is 347 g/mol. The third-order valence-electron chi connectivity index (χ3n) is 4.54. The molecule has 0 unspecified atom stereocenters. The average molecular weight is 347 g/mol. The van der Waals surface area contributed by atoms with Gasteiger partial charge in [-0.1, -0.05) is 12.1 Å². The van der Waals surface area contributed by atoms with E-state index in [1.165, 1.54) is 6.92 Å². The molecule has 1 aromatic carbocycles. The highest BCUT2D eigenvalue weighted by atomic mass is 16.5. The second-order valence-corrected chi connectivity index (χ2v) is 7.32. The predicted octanol–water partition coefficient (Wildman–Crippen LogP) is 1.99. The fourth-order valence-corrected chi connectivity index (χ4v) is 3.14. The molecular formula is C19H29N3O3. The van der Waals surface area contributed by atoms with Crippen LogP contribution < -0.4 is 9.64 Å². The molecule has 0 N–H and O–H groups in total. The molecular weight excluding hydrogens is 318 g/mol. The van der Waals surface area contributed by atoms with Gasteiger partial charge in [-0.05, 0) is 32.9 Å². The molecule has 0 bridgehead atoms. The maximum Gasteiger partial charge on any atom is 0.242 e. The minimum atomic E-state index is -0.360. The third kappa shape index (κ3) is 4.65. The van der Waals surface area contributed by atoms with E-state index in [0.717, 1.165) is 24.5 Å². The summed E-state index contributed by atoms with van der Waals surface area (Å²) >= 11 is 0. The Bertz CT molecular complexity index is 617. The first-order valence-corrected chi connectivity index (χ1v) is 8.68. The van der Waals surface area contributed by atoms with Gasteiger partial charge in [0, 0.05) is 38.6 Å². The van der Waals surface area contributed by atoms with Gasteiger partial charge in [-0.2, -0.15) is 0 Å². The third-order valence-corrected chi connectivity index (χ3v) is 4.54. The van der Waals surface area contributed by atoms with Gasteiger partial charge >= 0.3 is 0 Å². The average Bonchev–Trinajstić information content (AvgIpc) is 2.58. The van der Waals surface area contributed by atoms with Gasteiger partial charge in [0.05, 0.1) is 12.8 Å². The highest BCUT2D eigenvalue weighted by molar-refractivity contribution is 5.84. The van der Waals surface area contributed by atoms with E-state index >= 15 is 0 Å². The van der Waals surface area contributed by atoms with Crippen molar-refractivity contribution >= 4 is 17.5 Å². The van der Waals surface area contributed by atoms with E-state index in [4.69, 9.17) is 4.74 Å². The van der Waals surface area contributed by atoms with Gasteiger partial charge in [0.2, 0.25) is 11.8 Å². The van der Waals surface area contributed by atoms with E-state index in [-0.39, 0.29) is 23.9 Å². The summed E-state index contributed by atoms with van der Waals surface area (Å²) in [5.41, 5.74) is 0.693. The van der Waals surface area contributed by atoms with Crippen molar-refractivity contribution in [1.29, 1.82) is 0 Å². The van der Waals surface area contributed by atoms with Crippen LogP contribution in [0.2, 0.25) is 0 Å². The molecule has 2 amide bonds. The smallest absolute Gasteiger partial charge is 0.242 e. The lowest BCUT2D eigenvalue weighted by molar-refractivity contribution is -0.143. The SMILES string of the molecule is COc1ccccc1N1CCN(C(=O)CN(C(C)=O)C(C)(C)C)CC1. The van der Waals surface area contributed by atoms with Gasteiger partial charge in [-0.15, -0.1) is 0 Å². The van der Waals surface area contributed by atoms with Gasteiger partial charge in [-0.25, -0.2) is 0 Å². The highest BCUT2D eigenvalue weighted by Gasteiger charge is 2.29. The molecule has 0 atom stereocenters. The molecule has 1 fully saturated rings. The highest BCUT2D eigenvalue weighted by Crippen LogP contribution is 2.28. The van der Waals surface area contributed by atoms with Crippen LogP contribution in [-0.4, -0.2) is 67.0 Å². The molecule has 6 heteroatoms. The first kappa shape index (κ1) is 19.1. The zero-order valence-electron chi connectivity index (χ0n) is 15.9. The lowest BCUT2D eigenvalue weighted by atomic mass is 10.1. The Hall–Kier alpha value is -2.24. The standard InChI is InChI=1S/C19H29N3O3/c1-15(23)22(19(2,3)4)14-18(24)21-12-10-20(11-13-21)16-8-6-7-9-17(16)25-5/h6-9H,10-14H2,1-5H3. The number of rotatable bonds is 4. The van der Waals surface area contributed by atoms with Gasteiger partial charge in [0.1, 0.15) is 12.3 Å². The fraction of sp³-hybridized carbons (Fsp3) is 0.579. The molecule has 1 saturated heterocycles. The number of hydrogen-bond acceptors (Lipinski definition) is 4. The normalized spacial score (nSPS) is 15.1. The Morgan fingerprint density at radius 3 is 2.24 bits per heavy atom. The molecule has 138 valence electrons. The van der Waals surface area contributed by atoms with E-state index in [2.05, 4.69) is 4.90 Å². The fourth-order valence-electron chi connectivity index (χ4n) is 3.14. The number of carbonyl (C=O) groups is 2. The summed E-state index contributed by atoms with van der Waals surface area (Å²) in [5.74, 6) is 0.774. The van der Waals surface area contributed by atoms with Crippen molar-refractivity contribution < 1.29 is 14.3 Å². The molecule has 6 nitrogen and oxygen atoms in total. The number of hydrogen-bond donors (Lipinski definition) is 0. The van der Waals surface area contributed by atoms with Crippen LogP contribution in [0.5, 0.6) is 5.75 Å². The Morgan fingerprint density at radius 1 is 1.12 bits per heavy atom. The van der Waals surface area contributed by atoms with Crippen molar-refractivity contribution in [2.45, 2.75) is 33.2 Å². The van der Waals surface area contributed by atoms with Crippen molar-refractivity contribution in [3.63, 3.8) is 0 Å². The first-order valence-electron chi connectivity index (χ1n) is 8.68. The zero-order valence-corrected chi connectivity index (χ0v) is 15.9. The van der Waals surface area contributed by atoms with Crippen LogP contribution in [0.25, 0.3) is 0 Å². The number of ether oxygens (including phenoxy) is 1. The molecule has 0 aromatic heterocycles. The Labute approximate surface area is 150 Å². The van der Waals surface area contributed by atoms with Crippen LogP contribution >= 0.6 is 0 Å². The van der Waals surface area contributed by atoms with Gasteiger partial charge in [0.15, 0.2) is 0 Å². The van der Waals surface area contributed by atoms with Crippen LogP contribution in [0.1, 0.15) is 27.7 Å². The number of para-hydroxylation sites is 2. The van der Waals surface area contributed by atoms with Crippen LogP contribution in [0, 0.1) is 0 Å². The van der Waals surface area contributed by atoms with Crippen LogP contribution in [0.4, 0.5) is 5.69 Å². The molecule has 25 heavy (non-hydrogen) atoms. The number of carbonyl (C=O) groups excluding carboxylic acids is 2. The lowest BCUT2D eigenvalue weighted by Gasteiger charge is -2.39.